The van der Waals surface area contributed by atoms with Gasteiger partial charge >= 0.3 is 0 Å². The summed E-state index contributed by atoms with van der Waals surface area (Å²) in [4.78, 5) is 13.8. The lowest BCUT2D eigenvalue weighted by Gasteiger charge is -2.19. The Morgan fingerprint density at radius 1 is 1.25 bits per heavy atom. The maximum absolute atomic E-state index is 13.4. The van der Waals surface area contributed by atoms with Crippen LogP contribution in [0.5, 0.6) is 0 Å². The van der Waals surface area contributed by atoms with Gasteiger partial charge in [-0.3, -0.25) is 4.79 Å². The Morgan fingerprint density at radius 2 is 1.95 bits per heavy atom. The van der Waals surface area contributed by atoms with Crippen LogP contribution in [-0.4, -0.2) is 17.9 Å². The second-order valence-corrected chi connectivity index (χ2v) is 5.59. The third-order valence-corrected chi connectivity index (χ3v) is 4.05. The monoisotopic (exact) mass is 355 g/mol. The Kier molecular flexibility index (Phi) is 4.78. The first-order valence-electron chi connectivity index (χ1n) is 5.93. The highest BCUT2D eigenvalue weighted by molar-refractivity contribution is 9.10. The molecule has 0 aliphatic heterocycles. The molecule has 0 aromatic heterocycles. The van der Waals surface area contributed by atoms with Gasteiger partial charge in [-0.1, -0.05) is 51.8 Å². The molecule has 2 aromatic carbocycles. The van der Waals surface area contributed by atoms with Crippen molar-refractivity contribution in [1.29, 1.82) is 0 Å². The number of hydrogen-bond donors (Lipinski definition) is 0. The topological polar surface area (TPSA) is 20.3 Å². The van der Waals surface area contributed by atoms with Crippen molar-refractivity contribution in [3.05, 3.63) is 68.9 Å². The van der Waals surface area contributed by atoms with Gasteiger partial charge in [-0.25, -0.2) is 4.39 Å². The van der Waals surface area contributed by atoms with Crippen LogP contribution in [-0.2, 0) is 6.54 Å². The predicted octanol–water partition coefficient (Wildman–Crippen LogP) is 4.51. The van der Waals surface area contributed by atoms with Crippen LogP contribution < -0.4 is 0 Å². The van der Waals surface area contributed by atoms with Crippen molar-refractivity contribution in [3.63, 3.8) is 0 Å². The standard InChI is InChI=1S/C15H12BrClFNO/c1-19(9-10-5-2-3-7-12(10)16)15(20)11-6-4-8-13(18)14(11)17/h2-8H,9H2,1H3. The fourth-order valence-corrected chi connectivity index (χ4v) is 2.45. The predicted molar refractivity (Wildman–Crippen MR) is 81.3 cm³/mol. The van der Waals surface area contributed by atoms with Crippen molar-refractivity contribution in [1.82, 2.24) is 4.90 Å². The van der Waals surface area contributed by atoms with Crippen LogP contribution in [0.3, 0.4) is 0 Å². The van der Waals surface area contributed by atoms with Gasteiger partial charge in [-0.05, 0) is 23.8 Å². The van der Waals surface area contributed by atoms with Crippen molar-refractivity contribution in [2.45, 2.75) is 6.54 Å². The maximum atomic E-state index is 13.4. The number of nitrogens with zero attached hydrogens (tertiary/aromatic N) is 1. The molecule has 0 fully saturated rings. The number of rotatable bonds is 3. The molecule has 0 aliphatic carbocycles. The zero-order chi connectivity index (χ0) is 14.7. The van der Waals surface area contributed by atoms with Gasteiger partial charge in [0.05, 0.1) is 10.6 Å². The number of benzene rings is 2. The molecule has 2 rings (SSSR count). The van der Waals surface area contributed by atoms with E-state index in [4.69, 9.17) is 11.6 Å². The molecule has 0 saturated carbocycles. The summed E-state index contributed by atoms with van der Waals surface area (Å²) >= 11 is 9.27. The highest BCUT2D eigenvalue weighted by Crippen LogP contribution is 2.23. The van der Waals surface area contributed by atoms with Crippen molar-refractivity contribution < 1.29 is 9.18 Å². The fraction of sp³-hybridized carbons (Fsp3) is 0.133. The Balaban J connectivity index is 2.21. The first kappa shape index (κ1) is 15.0. The summed E-state index contributed by atoms with van der Waals surface area (Å²) in [5, 5.41) is -0.142. The van der Waals surface area contributed by atoms with Crippen molar-refractivity contribution in [2.24, 2.45) is 0 Å². The molecule has 0 saturated heterocycles. The summed E-state index contributed by atoms with van der Waals surface area (Å²) in [6.07, 6.45) is 0. The lowest BCUT2D eigenvalue weighted by molar-refractivity contribution is 0.0784. The van der Waals surface area contributed by atoms with E-state index in [1.54, 1.807) is 7.05 Å². The van der Waals surface area contributed by atoms with E-state index >= 15 is 0 Å². The molecular weight excluding hydrogens is 345 g/mol. The van der Waals surface area contributed by atoms with Gasteiger partial charge in [-0.2, -0.15) is 0 Å². The lowest BCUT2D eigenvalue weighted by atomic mass is 10.1. The lowest BCUT2D eigenvalue weighted by Crippen LogP contribution is -2.26. The zero-order valence-corrected chi connectivity index (χ0v) is 13.1. The average molecular weight is 357 g/mol. The van der Waals surface area contributed by atoms with Gasteiger partial charge < -0.3 is 4.90 Å². The number of hydrogen-bond acceptors (Lipinski definition) is 1. The van der Waals surface area contributed by atoms with Crippen LogP contribution in [0.15, 0.2) is 46.9 Å². The molecule has 2 aromatic rings. The summed E-state index contributed by atoms with van der Waals surface area (Å²) in [5.74, 6) is -0.905. The number of carbonyl (C=O) groups is 1. The molecule has 2 nitrogen and oxygen atoms in total. The molecule has 1 amide bonds. The molecule has 0 radical (unpaired) electrons. The smallest absolute Gasteiger partial charge is 0.255 e. The van der Waals surface area contributed by atoms with E-state index in [2.05, 4.69) is 15.9 Å². The summed E-state index contributed by atoms with van der Waals surface area (Å²) in [7, 11) is 1.66. The molecule has 5 heteroatoms. The van der Waals surface area contributed by atoms with Crippen molar-refractivity contribution >= 4 is 33.4 Å². The summed E-state index contributed by atoms with van der Waals surface area (Å²) in [6, 6.07) is 11.8. The highest BCUT2D eigenvalue weighted by atomic mass is 79.9. The van der Waals surface area contributed by atoms with E-state index in [-0.39, 0.29) is 16.5 Å². The Labute approximate surface area is 130 Å². The van der Waals surface area contributed by atoms with E-state index in [9.17, 15) is 9.18 Å². The second kappa shape index (κ2) is 6.37. The Hall–Kier alpha value is -1.39. The maximum Gasteiger partial charge on any atom is 0.255 e. The second-order valence-electron chi connectivity index (χ2n) is 4.35. The molecular formula is C15H12BrClFNO. The Bertz CT molecular complexity index is 648. The van der Waals surface area contributed by atoms with E-state index in [1.165, 1.54) is 23.1 Å². The van der Waals surface area contributed by atoms with E-state index in [0.717, 1.165) is 10.0 Å². The van der Waals surface area contributed by atoms with Crippen LogP contribution in [0.1, 0.15) is 15.9 Å². The van der Waals surface area contributed by atoms with Crippen LogP contribution in [0.2, 0.25) is 5.02 Å². The number of carbonyl (C=O) groups excluding carboxylic acids is 1. The van der Waals surface area contributed by atoms with Crippen molar-refractivity contribution in [2.75, 3.05) is 7.05 Å². The third kappa shape index (κ3) is 3.19. The van der Waals surface area contributed by atoms with Gasteiger partial charge in [0.25, 0.3) is 5.91 Å². The molecule has 0 aliphatic rings. The zero-order valence-electron chi connectivity index (χ0n) is 10.7. The minimum Gasteiger partial charge on any atom is -0.337 e. The molecule has 0 bridgehead atoms. The van der Waals surface area contributed by atoms with Crippen LogP contribution >= 0.6 is 27.5 Å². The summed E-state index contributed by atoms with van der Waals surface area (Å²) in [6.45, 7) is 0.410. The molecule has 104 valence electrons. The molecule has 0 atom stereocenters. The van der Waals surface area contributed by atoms with Gasteiger partial charge in [0.2, 0.25) is 0 Å². The number of halogens is 3. The SMILES string of the molecule is CN(Cc1ccccc1Br)C(=O)c1cccc(F)c1Cl. The molecule has 0 N–H and O–H groups in total. The van der Waals surface area contributed by atoms with Crippen LogP contribution in [0, 0.1) is 5.82 Å². The first-order valence-corrected chi connectivity index (χ1v) is 7.10. The van der Waals surface area contributed by atoms with E-state index in [0.29, 0.717) is 6.54 Å². The minimum absolute atomic E-state index is 0.142. The van der Waals surface area contributed by atoms with Gasteiger partial charge in [0.1, 0.15) is 5.82 Å². The largest absolute Gasteiger partial charge is 0.337 e. The molecule has 0 unspecified atom stereocenters. The molecule has 20 heavy (non-hydrogen) atoms. The van der Waals surface area contributed by atoms with Gasteiger partial charge in [0.15, 0.2) is 0 Å². The normalized spacial score (nSPS) is 10.4. The average Bonchev–Trinajstić information content (AvgIpc) is 2.43. The molecule has 0 spiro atoms. The Morgan fingerprint density at radius 3 is 2.65 bits per heavy atom. The van der Waals surface area contributed by atoms with E-state index < -0.39 is 5.82 Å². The first-order chi connectivity index (χ1) is 9.50. The van der Waals surface area contributed by atoms with Crippen LogP contribution in [0.25, 0.3) is 0 Å². The minimum atomic E-state index is -0.591. The fourth-order valence-electron chi connectivity index (χ4n) is 1.83. The number of amides is 1. The summed E-state index contributed by atoms with van der Waals surface area (Å²) < 4.78 is 14.3. The summed E-state index contributed by atoms with van der Waals surface area (Å²) in [5.41, 5.74) is 1.14. The van der Waals surface area contributed by atoms with Crippen molar-refractivity contribution in [3.8, 4) is 0 Å². The van der Waals surface area contributed by atoms with Crippen LogP contribution in [0.4, 0.5) is 4.39 Å². The van der Waals surface area contributed by atoms with Gasteiger partial charge in [-0.15, -0.1) is 0 Å². The highest BCUT2D eigenvalue weighted by Gasteiger charge is 2.18. The third-order valence-electron chi connectivity index (χ3n) is 2.89. The quantitative estimate of drug-likeness (QED) is 0.792. The van der Waals surface area contributed by atoms with E-state index in [1.807, 2.05) is 24.3 Å². The molecule has 0 heterocycles. The van der Waals surface area contributed by atoms with Gasteiger partial charge in [0, 0.05) is 18.1 Å².